The average molecular weight is 345 g/mol. The van der Waals surface area contributed by atoms with Gasteiger partial charge >= 0.3 is 0 Å². The average Bonchev–Trinajstić information content (AvgIpc) is 2.68. The number of halogens is 1. The third-order valence-electron chi connectivity index (χ3n) is 3.13. The Morgan fingerprint density at radius 1 is 1.53 bits per heavy atom. The number of amides is 1. The highest BCUT2D eigenvalue weighted by atomic mass is 127. The molecule has 17 heavy (non-hydrogen) atoms. The first-order chi connectivity index (χ1) is 8.09. The summed E-state index contributed by atoms with van der Waals surface area (Å²) in [6.45, 7) is 4.75. The zero-order valence-electron chi connectivity index (χ0n) is 10.00. The van der Waals surface area contributed by atoms with Gasteiger partial charge in [0.05, 0.1) is 17.7 Å². The molecular weight excluding hydrogens is 329 g/mol. The van der Waals surface area contributed by atoms with Crippen molar-refractivity contribution in [2.75, 3.05) is 6.61 Å². The van der Waals surface area contributed by atoms with Crippen LogP contribution in [0.1, 0.15) is 29.3 Å². The number of carbonyl (C=O) groups is 1. The largest absolute Gasteiger partial charge is 0.376 e. The molecule has 0 aromatic heterocycles. The zero-order chi connectivity index (χ0) is 12.4. The van der Waals surface area contributed by atoms with E-state index in [0.29, 0.717) is 0 Å². The third kappa shape index (κ3) is 2.80. The van der Waals surface area contributed by atoms with Gasteiger partial charge in [0.15, 0.2) is 0 Å². The van der Waals surface area contributed by atoms with E-state index in [2.05, 4.69) is 27.9 Å². The number of hydrogen-bond acceptors (Lipinski definition) is 2. The third-order valence-corrected chi connectivity index (χ3v) is 4.56. The van der Waals surface area contributed by atoms with Crippen molar-refractivity contribution in [3.63, 3.8) is 0 Å². The molecule has 0 radical (unpaired) electrons. The summed E-state index contributed by atoms with van der Waals surface area (Å²) in [6, 6.07) is 5.93. The first-order valence-corrected chi connectivity index (χ1v) is 6.85. The van der Waals surface area contributed by atoms with Crippen LogP contribution in [-0.2, 0) is 4.74 Å². The quantitative estimate of drug-likeness (QED) is 0.837. The molecule has 2 rings (SSSR count). The van der Waals surface area contributed by atoms with Crippen LogP contribution in [0.3, 0.4) is 0 Å². The van der Waals surface area contributed by atoms with Gasteiger partial charge in [0.1, 0.15) is 0 Å². The van der Waals surface area contributed by atoms with Gasteiger partial charge in [0.2, 0.25) is 0 Å². The minimum Gasteiger partial charge on any atom is -0.376 e. The van der Waals surface area contributed by atoms with Gasteiger partial charge in [-0.05, 0) is 54.5 Å². The first-order valence-electron chi connectivity index (χ1n) is 5.77. The maximum atomic E-state index is 12.1. The second-order valence-electron chi connectivity index (χ2n) is 4.38. The molecule has 4 heteroatoms. The molecule has 1 saturated heterocycles. The molecular formula is C13H16INO2. The van der Waals surface area contributed by atoms with Crippen molar-refractivity contribution in [2.24, 2.45) is 0 Å². The summed E-state index contributed by atoms with van der Waals surface area (Å²) in [5.74, 6) is 0.000417. The first kappa shape index (κ1) is 12.8. The Kier molecular flexibility index (Phi) is 4.04. The molecule has 0 aliphatic carbocycles. The lowest BCUT2D eigenvalue weighted by Crippen LogP contribution is -2.39. The molecule has 1 aromatic carbocycles. The summed E-state index contributed by atoms with van der Waals surface area (Å²) in [5, 5.41) is 3.04. The molecule has 1 aromatic rings. The molecule has 2 unspecified atom stereocenters. The monoisotopic (exact) mass is 345 g/mol. The van der Waals surface area contributed by atoms with E-state index in [1.54, 1.807) is 0 Å². The molecule has 1 heterocycles. The lowest BCUT2D eigenvalue weighted by atomic mass is 10.1. The second kappa shape index (κ2) is 5.35. The predicted molar refractivity (Wildman–Crippen MR) is 75.2 cm³/mol. The summed E-state index contributed by atoms with van der Waals surface area (Å²) < 4.78 is 6.46. The fourth-order valence-electron chi connectivity index (χ4n) is 1.99. The van der Waals surface area contributed by atoms with E-state index in [-0.39, 0.29) is 18.1 Å². The maximum absolute atomic E-state index is 12.1. The summed E-state index contributed by atoms with van der Waals surface area (Å²) in [6.07, 6.45) is 1.01. The molecule has 0 bridgehead atoms. The SMILES string of the molecule is Cc1cccc(C(=O)NC2CCOC2C)c1I. The predicted octanol–water partition coefficient (Wildman–Crippen LogP) is 2.51. The summed E-state index contributed by atoms with van der Waals surface area (Å²) in [5.41, 5.74) is 1.89. The molecule has 1 fully saturated rings. The Hall–Kier alpha value is -0.620. The number of rotatable bonds is 2. The van der Waals surface area contributed by atoms with Gasteiger partial charge in [0.25, 0.3) is 5.91 Å². The molecule has 0 spiro atoms. The summed E-state index contributed by atoms with van der Waals surface area (Å²) in [4.78, 5) is 12.1. The highest BCUT2D eigenvalue weighted by Crippen LogP contribution is 2.18. The normalized spacial score (nSPS) is 23.7. The minimum atomic E-state index is 0.000417. The molecule has 2 atom stereocenters. The van der Waals surface area contributed by atoms with Crippen molar-refractivity contribution in [1.29, 1.82) is 0 Å². The molecule has 1 N–H and O–H groups in total. The number of nitrogens with one attached hydrogen (secondary N) is 1. The number of aryl methyl sites for hydroxylation is 1. The van der Waals surface area contributed by atoms with Gasteiger partial charge in [-0.15, -0.1) is 0 Å². The van der Waals surface area contributed by atoms with Crippen molar-refractivity contribution in [2.45, 2.75) is 32.4 Å². The van der Waals surface area contributed by atoms with Crippen LogP contribution >= 0.6 is 22.6 Å². The van der Waals surface area contributed by atoms with E-state index in [9.17, 15) is 4.79 Å². The lowest BCUT2D eigenvalue weighted by Gasteiger charge is -2.16. The van der Waals surface area contributed by atoms with Crippen molar-refractivity contribution >= 4 is 28.5 Å². The van der Waals surface area contributed by atoms with Crippen molar-refractivity contribution in [1.82, 2.24) is 5.32 Å². The van der Waals surface area contributed by atoms with Gasteiger partial charge in [-0.3, -0.25) is 4.79 Å². The Morgan fingerprint density at radius 2 is 2.29 bits per heavy atom. The Morgan fingerprint density at radius 3 is 2.94 bits per heavy atom. The van der Waals surface area contributed by atoms with E-state index in [4.69, 9.17) is 4.74 Å². The minimum absolute atomic E-state index is 0.000417. The van der Waals surface area contributed by atoms with Crippen LogP contribution in [0.25, 0.3) is 0 Å². The molecule has 1 aliphatic heterocycles. The van der Waals surface area contributed by atoms with Gasteiger partial charge in [0, 0.05) is 10.2 Å². The number of ether oxygens (including phenoxy) is 1. The number of carbonyl (C=O) groups excluding carboxylic acids is 1. The van der Waals surface area contributed by atoms with Crippen LogP contribution in [0.15, 0.2) is 18.2 Å². The Labute approximate surface area is 115 Å². The fraction of sp³-hybridized carbons (Fsp3) is 0.462. The molecule has 1 amide bonds. The maximum Gasteiger partial charge on any atom is 0.252 e. The summed E-state index contributed by atoms with van der Waals surface area (Å²) in [7, 11) is 0. The van der Waals surface area contributed by atoms with E-state index >= 15 is 0 Å². The van der Waals surface area contributed by atoms with Crippen LogP contribution in [0, 0.1) is 10.5 Å². The van der Waals surface area contributed by atoms with Gasteiger partial charge in [-0.2, -0.15) is 0 Å². The topological polar surface area (TPSA) is 38.3 Å². The molecule has 0 saturated carbocycles. The Balaban J connectivity index is 2.12. The molecule has 1 aliphatic rings. The lowest BCUT2D eigenvalue weighted by molar-refractivity contribution is 0.0865. The number of benzene rings is 1. The van der Waals surface area contributed by atoms with E-state index in [1.807, 2.05) is 32.0 Å². The van der Waals surface area contributed by atoms with Gasteiger partial charge in [-0.1, -0.05) is 12.1 Å². The summed E-state index contributed by atoms with van der Waals surface area (Å²) >= 11 is 2.22. The van der Waals surface area contributed by atoms with E-state index in [0.717, 1.165) is 27.7 Å². The highest BCUT2D eigenvalue weighted by Gasteiger charge is 2.26. The van der Waals surface area contributed by atoms with Gasteiger partial charge < -0.3 is 10.1 Å². The van der Waals surface area contributed by atoms with E-state index in [1.165, 1.54) is 0 Å². The van der Waals surface area contributed by atoms with E-state index < -0.39 is 0 Å². The van der Waals surface area contributed by atoms with Crippen molar-refractivity contribution in [3.8, 4) is 0 Å². The second-order valence-corrected chi connectivity index (χ2v) is 5.46. The van der Waals surface area contributed by atoms with Crippen LogP contribution in [0.4, 0.5) is 0 Å². The van der Waals surface area contributed by atoms with Crippen LogP contribution in [-0.4, -0.2) is 24.7 Å². The molecule has 3 nitrogen and oxygen atoms in total. The van der Waals surface area contributed by atoms with Crippen molar-refractivity contribution in [3.05, 3.63) is 32.9 Å². The highest BCUT2D eigenvalue weighted by molar-refractivity contribution is 14.1. The van der Waals surface area contributed by atoms with Crippen LogP contribution < -0.4 is 5.32 Å². The smallest absolute Gasteiger partial charge is 0.252 e. The van der Waals surface area contributed by atoms with Crippen LogP contribution in [0.5, 0.6) is 0 Å². The van der Waals surface area contributed by atoms with Crippen molar-refractivity contribution < 1.29 is 9.53 Å². The standard InChI is InChI=1S/C13H16INO2/c1-8-4-3-5-10(12(8)14)13(16)15-11-6-7-17-9(11)2/h3-5,9,11H,6-7H2,1-2H3,(H,15,16). The Bertz CT molecular complexity index is 433. The van der Waals surface area contributed by atoms with Gasteiger partial charge in [-0.25, -0.2) is 0 Å². The van der Waals surface area contributed by atoms with Crippen LogP contribution in [0.2, 0.25) is 0 Å². The molecule has 92 valence electrons. The number of hydrogen-bond donors (Lipinski definition) is 1. The zero-order valence-corrected chi connectivity index (χ0v) is 12.2. The fourth-order valence-corrected chi connectivity index (χ4v) is 2.59.